The van der Waals surface area contributed by atoms with E-state index in [1.165, 1.54) is 23.1 Å². The molecule has 1 N–H and O–H groups in total. The van der Waals surface area contributed by atoms with Crippen LogP contribution >= 0.6 is 23.1 Å². The number of rotatable bonds is 7. The van der Waals surface area contributed by atoms with Crippen LogP contribution < -0.4 is 14.8 Å². The van der Waals surface area contributed by atoms with Gasteiger partial charge in [0.1, 0.15) is 13.2 Å². The molecular weight excluding hydrogens is 408 g/mol. The Labute approximate surface area is 176 Å². The highest BCUT2D eigenvalue weighted by molar-refractivity contribution is 8.01. The maximum absolute atomic E-state index is 12.3. The SMILES string of the molecule is O=C(Cc1csc(SCC(=O)c2ccccc2)n1)Nc1ccc2c(c1)OCCO2. The van der Waals surface area contributed by atoms with Crippen molar-refractivity contribution in [3.8, 4) is 11.5 Å². The highest BCUT2D eigenvalue weighted by Crippen LogP contribution is 2.32. The molecule has 6 nitrogen and oxygen atoms in total. The number of carbonyl (C=O) groups is 2. The number of nitrogens with zero attached hydrogens (tertiary/aromatic N) is 1. The van der Waals surface area contributed by atoms with E-state index in [0.29, 0.717) is 47.4 Å². The van der Waals surface area contributed by atoms with Gasteiger partial charge in [-0.3, -0.25) is 9.59 Å². The van der Waals surface area contributed by atoms with E-state index in [9.17, 15) is 9.59 Å². The predicted molar refractivity (Wildman–Crippen MR) is 113 cm³/mol. The summed E-state index contributed by atoms with van der Waals surface area (Å²) in [6, 6.07) is 14.5. The summed E-state index contributed by atoms with van der Waals surface area (Å²) in [4.78, 5) is 29.0. The molecule has 0 spiro atoms. The number of thioether (sulfide) groups is 1. The second kappa shape index (κ2) is 9.11. The zero-order valence-electron chi connectivity index (χ0n) is 15.4. The number of aromatic nitrogens is 1. The lowest BCUT2D eigenvalue weighted by Gasteiger charge is -2.18. The third-order valence-electron chi connectivity index (χ3n) is 4.12. The Balaban J connectivity index is 1.29. The fourth-order valence-corrected chi connectivity index (χ4v) is 4.50. The van der Waals surface area contributed by atoms with Crippen molar-refractivity contribution in [2.24, 2.45) is 0 Å². The van der Waals surface area contributed by atoms with Gasteiger partial charge in [0.2, 0.25) is 5.91 Å². The van der Waals surface area contributed by atoms with E-state index < -0.39 is 0 Å². The first-order chi connectivity index (χ1) is 14.2. The Hall–Kier alpha value is -2.84. The van der Waals surface area contributed by atoms with Crippen LogP contribution in [0.25, 0.3) is 0 Å². The number of benzene rings is 2. The molecule has 0 saturated carbocycles. The molecule has 0 saturated heterocycles. The molecule has 1 aliphatic rings. The highest BCUT2D eigenvalue weighted by atomic mass is 32.2. The molecule has 4 rings (SSSR count). The van der Waals surface area contributed by atoms with Crippen molar-refractivity contribution in [2.75, 3.05) is 24.3 Å². The highest BCUT2D eigenvalue weighted by Gasteiger charge is 2.14. The summed E-state index contributed by atoms with van der Waals surface area (Å²) < 4.78 is 11.8. The van der Waals surface area contributed by atoms with E-state index in [0.717, 1.165) is 4.34 Å². The molecule has 1 aliphatic heterocycles. The topological polar surface area (TPSA) is 77.5 Å². The maximum atomic E-state index is 12.3. The number of hydrogen-bond donors (Lipinski definition) is 1. The van der Waals surface area contributed by atoms with E-state index >= 15 is 0 Å². The van der Waals surface area contributed by atoms with Crippen LogP contribution in [0.1, 0.15) is 16.1 Å². The lowest BCUT2D eigenvalue weighted by atomic mass is 10.2. The number of fused-ring (bicyclic) bond motifs is 1. The van der Waals surface area contributed by atoms with E-state index in [1.807, 2.05) is 23.6 Å². The standard InChI is InChI=1S/C21H18N2O4S2/c24-17(14-4-2-1-3-5-14)13-29-21-23-16(12-28-21)11-20(25)22-15-6-7-18-19(10-15)27-9-8-26-18/h1-7,10,12H,8-9,11,13H2,(H,22,25). The first kappa shape index (κ1) is 19.5. The summed E-state index contributed by atoms with van der Waals surface area (Å²) in [5, 5.41) is 4.70. The largest absolute Gasteiger partial charge is 0.486 e. The number of ether oxygens (including phenoxy) is 2. The Bertz CT molecular complexity index is 1020. The van der Waals surface area contributed by atoms with Crippen LogP contribution in [0.4, 0.5) is 5.69 Å². The van der Waals surface area contributed by atoms with Gasteiger partial charge in [-0.2, -0.15) is 0 Å². The number of thiazole rings is 1. The molecule has 0 unspecified atom stereocenters. The molecule has 0 bridgehead atoms. The number of nitrogens with one attached hydrogen (secondary N) is 1. The van der Waals surface area contributed by atoms with Gasteiger partial charge in [-0.05, 0) is 12.1 Å². The third-order valence-corrected chi connectivity index (χ3v) is 6.19. The molecule has 0 fully saturated rings. The molecule has 0 radical (unpaired) electrons. The fourth-order valence-electron chi connectivity index (χ4n) is 2.76. The summed E-state index contributed by atoms with van der Waals surface area (Å²) in [5.41, 5.74) is 2.02. The van der Waals surface area contributed by atoms with Crippen LogP contribution in [-0.2, 0) is 11.2 Å². The number of carbonyl (C=O) groups excluding carboxylic acids is 2. The summed E-state index contributed by atoms with van der Waals surface area (Å²) >= 11 is 2.82. The molecule has 1 amide bonds. The lowest BCUT2D eigenvalue weighted by molar-refractivity contribution is -0.115. The van der Waals surface area contributed by atoms with E-state index in [1.54, 1.807) is 30.3 Å². The summed E-state index contributed by atoms with van der Waals surface area (Å²) in [7, 11) is 0. The van der Waals surface area contributed by atoms with Gasteiger partial charge < -0.3 is 14.8 Å². The normalized spacial score (nSPS) is 12.4. The van der Waals surface area contributed by atoms with Crippen molar-refractivity contribution in [3.05, 3.63) is 65.2 Å². The molecule has 1 aromatic heterocycles. The molecular formula is C21H18N2O4S2. The average molecular weight is 427 g/mol. The van der Waals surface area contributed by atoms with Gasteiger partial charge in [0.05, 0.1) is 17.9 Å². The molecule has 0 aliphatic carbocycles. The van der Waals surface area contributed by atoms with Crippen LogP contribution in [-0.4, -0.2) is 35.6 Å². The quantitative estimate of drug-likeness (QED) is 0.453. The minimum Gasteiger partial charge on any atom is -0.486 e. The Morgan fingerprint density at radius 1 is 1.07 bits per heavy atom. The van der Waals surface area contributed by atoms with Gasteiger partial charge in [0.15, 0.2) is 21.6 Å². The van der Waals surface area contributed by atoms with Gasteiger partial charge in [0.25, 0.3) is 0 Å². The zero-order chi connectivity index (χ0) is 20.1. The Morgan fingerprint density at radius 2 is 1.86 bits per heavy atom. The van der Waals surface area contributed by atoms with Crippen molar-refractivity contribution in [1.29, 1.82) is 0 Å². The second-order valence-corrected chi connectivity index (χ2v) is 8.35. The van der Waals surface area contributed by atoms with Gasteiger partial charge in [-0.1, -0.05) is 42.1 Å². The minimum atomic E-state index is -0.163. The van der Waals surface area contributed by atoms with Crippen molar-refractivity contribution < 1.29 is 19.1 Å². The molecule has 0 atom stereocenters. The number of hydrogen-bond acceptors (Lipinski definition) is 7. The number of anilines is 1. The average Bonchev–Trinajstić information content (AvgIpc) is 3.19. The molecule has 2 heterocycles. The van der Waals surface area contributed by atoms with E-state index in [-0.39, 0.29) is 18.1 Å². The molecule has 2 aromatic carbocycles. The summed E-state index contributed by atoms with van der Waals surface area (Å²) in [6.07, 6.45) is 0.165. The molecule has 8 heteroatoms. The van der Waals surface area contributed by atoms with Gasteiger partial charge in [0, 0.05) is 22.7 Å². The first-order valence-electron chi connectivity index (χ1n) is 9.02. The van der Waals surface area contributed by atoms with Crippen molar-refractivity contribution >= 4 is 40.5 Å². The molecule has 29 heavy (non-hydrogen) atoms. The van der Waals surface area contributed by atoms with E-state index in [2.05, 4.69) is 10.3 Å². The van der Waals surface area contributed by atoms with Crippen molar-refractivity contribution in [1.82, 2.24) is 4.98 Å². The Morgan fingerprint density at radius 3 is 2.69 bits per heavy atom. The minimum absolute atomic E-state index is 0.0590. The Kier molecular flexibility index (Phi) is 6.12. The van der Waals surface area contributed by atoms with Gasteiger partial charge in [-0.15, -0.1) is 11.3 Å². The van der Waals surface area contributed by atoms with Gasteiger partial charge in [-0.25, -0.2) is 4.98 Å². The van der Waals surface area contributed by atoms with E-state index in [4.69, 9.17) is 9.47 Å². The summed E-state index contributed by atoms with van der Waals surface area (Å²) in [5.74, 6) is 1.53. The fraction of sp³-hybridized carbons (Fsp3) is 0.190. The van der Waals surface area contributed by atoms with Crippen molar-refractivity contribution in [2.45, 2.75) is 10.8 Å². The number of amides is 1. The maximum Gasteiger partial charge on any atom is 0.230 e. The number of Topliss-reactive ketones (excluding diaryl/α,β-unsaturated/α-hetero) is 1. The summed E-state index contributed by atoms with van der Waals surface area (Å²) in [6.45, 7) is 1.02. The van der Waals surface area contributed by atoms with Crippen LogP contribution in [0.2, 0.25) is 0 Å². The molecule has 148 valence electrons. The smallest absolute Gasteiger partial charge is 0.230 e. The predicted octanol–water partition coefficient (Wildman–Crippen LogP) is 4.07. The zero-order valence-corrected chi connectivity index (χ0v) is 17.1. The second-order valence-electron chi connectivity index (χ2n) is 6.27. The van der Waals surface area contributed by atoms with Crippen LogP contribution in [0, 0.1) is 0 Å². The van der Waals surface area contributed by atoms with Crippen LogP contribution in [0.15, 0.2) is 58.3 Å². The first-order valence-corrected chi connectivity index (χ1v) is 10.9. The van der Waals surface area contributed by atoms with Crippen LogP contribution in [0.3, 0.4) is 0 Å². The van der Waals surface area contributed by atoms with Crippen LogP contribution in [0.5, 0.6) is 11.5 Å². The lowest BCUT2D eigenvalue weighted by Crippen LogP contribution is -2.17. The third kappa shape index (κ3) is 5.16. The van der Waals surface area contributed by atoms with Gasteiger partial charge >= 0.3 is 0 Å². The molecule has 3 aromatic rings. The van der Waals surface area contributed by atoms with Crippen molar-refractivity contribution in [3.63, 3.8) is 0 Å². The monoisotopic (exact) mass is 426 g/mol. The number of ketones is 1.